The van der Waals surface area contributed by atoms with Gasteiger partial charge in [-0.1, -0.05) is 24.3 Å². The van der Waals surface area contributed by atoms with E-state index in [1.54, 1.807) is 6.20 Å². The predicted molar refractivity (Wildman–Crippen MR) is 110 cm³/mol. The van der Waals surface area contributed by atoms with Gasteiger partial charge in [0.05, 0.1) is 0 Å². The fourth-order valence-corrected chi connectivity index (χ4v) is 3.84. The van der Waals surface area contributed by atoms with E-state index in [2.05, 4.69) is 39.5 Å². The first kappa shape index (κ1) is 17.6. The number of amides is 1. The third-order valence-electron chi connectivity index (χ3n) is 5.29. The minimum Gasteiger partial charge on any atom is -0.454 e. The Hall–Kier alpha value is -3.54. The molecule has 29 heavy (non-hydrogen) atoms. The summed E-state index contributed by atoms with van der Waals surface area (Å²) in [5.41, 5.74) is 4.89. The molecule has 0 saturated heterocycles. The van der Waals surface area contributed by atoms with Gasteiger partial charge in [0, 0.05) is 30.7 Å². The Morgan fingerprint density at radius 3 is 2.93 bits per heavy atom. The number of fused-ring (bicyclic) bond motifs is 2. The number of ether oxygens (including phenoxy) is 2. The number of hydrogen-bond acceptors (Lipinski definition) is 5. The van der Waals surface area contributed by atoms with Crippen molar-refractivity contribution >= 4 is 17.3 Å². The van der Waals surface area contributed by atoms with Crippen molar-refractivity contribution in [2.75, 3.05) is 18.2 Å². The van der Waals surface area contributed by atoms with Gasteiger partial charge in [0.2, 0.25) is 6.79 Å². The van der Waals surface area contributed by atoms with Gasteiger partial charge in [0.15, 0.2) is 11.5 Å². The van der Waals surface area contributed by atoms with Crippen LogP contribution in [0.4, 0.5) is 11.4 Å². The van der Waals surface area contributed by atoms with Crippen LogP contribution >= 0.6 is 0 Å². The molecular formula is C23H21N3O3. The van der Waals surface area contributed by atoms with Crippen LogP contribution in [-0.2, 0) is 13.0 Å². The number of para-hydroxylation sites is 1. The summed E-state index contributed by atoms with van der Waals surface area (Å²) in [6.07, 6.45) is 3.87. The molecular weight excluding hydrogens is 366 g/mol. The molecule has 6 nitrogen and oxygen atoms in total. The van der Waals surface area contributed by atoms with Gasteiger partial charge in [-0.05, 0) is 54.3 Å². The van der Waals surface area contributed by atoms with Crippen LogP contribution < -0.4 is 19.7 Å². The summed E-state index contributed by atoms with van der Waals surface area (Å²) in [5.74, 6) is 1.24. The van der Waals surface area contributed by atoms with Crippen LogP contribution in [0.2, 0.25) is 0 Å². The molecule has 0 spiro atoms. The Balaban J connectivity index is 1.32. The molecule has 6 heteroatoms. The number of hydrogen-bond donors (Lipinski definition) is 1. The number of carbonyl (C=O) groups is 1. The molecule has 2 aliphatic rings. The number of aryl methyl sites for hydroxylation is 1. The molecule has 146 valence electrons. The molecule has 2 aromatic carbocycles. The van der Waals surface area contributed by atoms with Crippen LogP contribution in [0.15, 0.2) is 60.8 Å². The number of benzene rings is 2. The van der Waals surface area contributed by atoms with Gasteiger partial charge in [-0.25, -0.2) is 0 Å². The Labute approximate surface area is 169 Å². The minimum atomic E-state index is -0.199. The maximum atomic E-state index is 12.7. The number of carbonyl (C=O) groups excluding carboxylic acids is 1. The van der Waals surface area contributed by atoms with Crippen LogP contribution in [0.5, 0.6) is 11.5 Å². The average Bonchev–Trinajstić information content (AvgIpc) is 3.25. The lowest BCUT2D eigenvalue weighted by molar-refractivity contribution is 0.0946. The van der Waals surface area contributed by atoms with Gasteiger partial charge in [-0.3, -0.25) is 9.78 Å². The molecule has 0 radical (unpaired) electrons. The SMILES string of the molecule is O=C(NCc1ccc2c(c1)OCO2)c1cc(N2CCCc3ccccc32)ccn1. The van der Waals surface area contributed by atoms with E-state index in [9.17, 15) is 4.79 Å². The lowest BCUT2D eigenvalue weighted by Gasteiger charge is -2.31. The molecule has 0 unspecified atom stereocenters. The van der Waals surface area contributed by atoms with E-state index in [4.69, 9.17) is 9.47 Å². The Morgan fingerprint density at radius 2 is 1.97 bits per heavy atom. The smallest absolute Gasteiger partial charge is 0.270 e. The second kappa shape index (κ2) is 7.47. The van der Waals surface area contributed by atoms with Crippen molar-refractivity contribution in [1.82, 2.24) is 10.3 Å². The van der Waals surface area contributed by atoms with E-state index in [0.717, 1.165) is 36.4 Å². The molecule has 0 fully saturated rings. The van der Waals surface area contributed by atoms with E-state index >= 15 is 0 Å². The highest BCUT2D eigenvalue weighted by Gasteiger charge is 2.19. The first-order valence-electron chi connectivity index (χ1n) is 9.76. The highest BCUT2D eigenvalue weighted by Crippen LogP contribution is 2.34. The summed E-state index contributed by atoms with van der Waals surface area (Å²) in [6, 6.07) is 17.9. The van der Waals surface area contributed by atoms with E-state index in [1.165, 1.54) is 11.3 Å². The van der Waals surface area contributed by atoms with Crippen LogP contribution in [0.3, 0.4) is 0 Å². The topological polar surface area (TPSA) is 63.7 Å². The van der Waals surface area contributed by atoms with Crippen molar-refractivity contribution in [2.24, 2.45) is 0 Å². The number of anilines is 2. The molecule has 2 aliphatic heterocycles. The van der Waals surface area contributed by atoms with Crippen molar-refractivity contribution in [1.29, 1.82) is 0 Å². The Morgan fingerprint density at radius 1 is 1.07 bits per heavy atom. The second-order valence-electron chi connectivity index (χ2n) is 7.15. The van der Waals surface area contributed by atoms with Gasteiger partial charge in [0.1, 0.15) is 5.69 Å². The van der Waals surface area contributed by atoms with Crippen molar-refractivity contribution in [2.45, 2.75) is 19.4 Å². The van der Waals surface area contributed by atoms with Crippen molar-refractivity contribution in [3.8, 4) is 11.5 Å². The predicted octanol–water partition coefficient (Wildman–Crippen LogP) is 3.82. The van der Waals surface area contributed by atoms with Gasteiger partial charge < -0.3 is 19.7 Å². The van der Waals surface area contributed by atoms with E-state index in [1.807, 2.05) is 30.3 Å². The molecule has 0 atom stereocenters. The maximum Gasteiger partial charge on any atom is 0.270 e. The molecule has 3 aromatic rings. The molecule has 1 aromatic heterocycles. The van der Waals surface area contributed by atoms with E-state index < -0.39 is 0 Å². The van der Waals surface area contributed by atoms with Gasteiger partial charge in [-0.2, -0.15) is 0 Å². The normalized spacial score (nSPS) is 14.4. The molecule has 5 rings (SSSR count). The third-order valence-corrected chi connectivity index (χ3v) is 5.29. The lowest BCUT2D eigenvalue weighted by Crippen LogP contribution is -2.26. The van der Waals surface area contributed by atoms with Crippen LogP contribution in [0.1, 0.15) is 28.0 Å². The molecule has 1 amide bonds. The van der Waals surface area contributed by atoms with Crippen LogP contribution in [-0.4, -0.2) is 24.2 Å². The first-order chi connectivity index (χ1) is 14.3. The minimum absolute atomic E-state index is 0.199. The highest BCUT2D eigenvalue weighted by molar-refractivity contribution is 5.93. The highest BCUT2D eigenvalue weighted by atomic mass is 16.7. The second-order valence-corrected chi connectivity index (χ2v) is 7.15. The van der Waals surface area contributed by atoms with Crippen molar-refractivity contribution in [3.63, 3.8) is 0 Å². The van der Waals surface area contributed by atoms with Crippen LogP contribution in [0.25, 0.3) is 0 Å². The standard InChI is InChI=1S/C23H21N3O3/c27-23(25-14-16-7-8-21-22(12-16)29-15-28-21)19-13-18(9-10-24-19)26-11-3-5-17-4-1-2-6-20(17)26/h1-2,4,6-10,12-13H,3,5,11,14-15H2,(H,25,27). The summed E-state index contributed by atoms with van der Waals surface area (Å²) in [4.78, 5) is 19.2. The Bertz CT molecular complexity index is 1070. The van der Waals surface area contributed by atoms with Crippen molar-refractivity contribution < 1.29 is 14.3 Å². The fraction of sp³-hybridized carbons (Fsp3) is 0.217. The van der Waals surface area contributed by atoms with E-state index in [0.29, 0.717) is 18.0 Å². The van der Waals surface area contributed by atoms with Gasteiger partial charge in [-0.15, -0.1) is 0 Å². The summed E-state index contributed by atoms with van der Waals surface area (Å²) in [7, 11) is 0. The number of aromatic nitrogens is 1. The summed E-state index contributed by atoms with van der Waals surface area (Å²) in [6.45, 7) is 1.56. The Kier molecular flexibility index (Phi) is 4.52. The molecule has 0 aliphatic carbocycles. The monoisotopic (exact) mass is 387 g/mol. The van der Waals surface area contributed by atoms with Crippen LogP contribution in [0, 0.1) is 0 Å². The van der Waals surface area contributed by atoms with Gasteiger partial charge >= 0.3 is 0 Å². The first-order valence-corrected chi connectivity index (χ1v) is 9.76. The number of nitrogens with one attached hydrogen (secondary N) is 1. The van der Waals surface area contributed by atoms with E-state index in [-0.39, 0.29) is 12.7 Å². The zero-order valence-electron chi connectivity index (χ0n) is 15.9. The lowest BCUT2D eigenvalue weighted by atomic mass is 10.0. The number of nitrogens with zero attached hydrogens (tertiary/aromatic N) is 2. The van der Waals surface area contributed by atoms with Crippen molar-refractivity contribution in [3.05, 3.63) is 77.6 Å². The molecule has 1 N–H and O–H groups in total. The molecule has 0 bridgehead atoms. The molecule has 0 saturated carbocycles. The largest absolute Gasteiger partial charge is 0.454 e. The molecule has 3 heterocycles. The number of pyridine rings is 1. The summed E-state index contributed by atoms with van der Waals surface area (Å²) in [5, 5.41) is 2.94. The zero-order valence-corrected chi connectivity index (χ0v) is 15.9. The third kappa shape index (κ3) is 3.49. The maximum absolute atomic E-state index is 12.7. The van der Waals surface area contributed by atoms with Gasteiger partial charge in [0.25, 0.3) is 5.91 Å². The summed E-state index contributed by atoms with van der Waals surface area (Å²) >= 11 is 0. The number of rotatable bonds is 4. The average molecular weight is 387 g/mol. The fourth-order valence-electron chi connectivity index (χ4n) is 3.84. The summed E-state index contributed by atoms with van der Waals surface area (Å²) < 4.78 is 10.7. The quantitative estimate of drug-likeness (QED) is 0.737. The zero-order chi connectivity index (χ0) is 19.6.